The molecule has 7 heteroatoms. The zero-order valence-corrected chi connectivity index (χ0v) is 17.7. The molecule has 4 rings (SSSR count). The van der Waals surface area contributed by atoms with Crippen LogP contribution in [0, 0.1) is 0 Å². The molecule has 154 valence electrons. The Morgan fingerprint density at radius 2 is 1.87 bits per heavy atom. The number of hydrazone groups is 1. The number of rotatable bonds is 7. The van der Waals surface area contributed by atoms with Crippen LogP contribution in [-0.2, 0) is 4.79 Å². The summed E-state index contributed by atoms with van der Waals surface area (Å²) >= 11 is 1.52. The number of benzene rings is 2. The van der Waals surface area contributed by atoms with E-state index in [0.717, 1.165) is 53.6 Å². The summed E-state index contributed by atoms with van der Waals surface area (Å²) in [5, 5.41) is 7.20. The van der Waals surface area contributed by atoms with Gasteiger partial charge < -0.3 is 9.64 Å². The van der Waals surface area contributed by atoms with Crippen molar-refractivity contribution in [1.29, 1.82) is 0 Å². The summed E-state index contributed by atoms with van der Waals surface area (Å²) in [5.41, 5.74) is 6.86. The van der Waals surface area contributed by atoms with Crippen molar-refractivity contribution in [3.63, 3.8) is 0 Å². The highest BCUT2D eigenvalue weighted by Crippen LogP contribution is 2.24. The highest BCUT2D eigenvalue weighted by molar-refractivity contribution is 7.14. The number of hydrogen-bond acceptors (Lipinski definition) is 6. The fraction of sp³-hybridized carbons (Fsp3) is 0.261. The van der Waals surface area contributed by atoms with Crippen LogP contribution in [0.15, 0.2) is 65.1 Å². The van der Waals surface area contributed by atoms with Crippen LogP contribution in [-0.4, -0.2) is 41.2 Å². The van der Waals surface area contributed by atoms with Gasteiger partial charge in [0.2, 0.25) is 5.13 Å². The lowest BCUT2D eigenvalue weighted by molar-refractivity contribution is -0.132. The number of hydrogen-bond donors (Lipinski definition) is 1. The number of likely N-dealkylation sites (tertiary alicyclic amines) is 1. The fourth-order valence-corrected chi connectivity index (χ4v) is 3.92. The molecule has 30 heavy (non-hydrogen) atoms. The van der Waals surface area contributed by atoms with E-state index < -0.39 is 0 Å². The van der Waals surface area contributed by atoms with Gasteiger partial charge in [-0.25, -0.2) is 4.98 Å². The second kappa shape index (κ2) is 9.54. The zero-order chi connectivity index (χ0) is 20.8. The maximum absolute atomic E-state index is 12.1. The Morgan fingerprint density at radius 1 is 1.13 bits per heavy atom. The molecule has 1 saturated heterocycles. The van der Waals surface area contributed by atoms with E-state index in [1.165, 1.54) is 11.3 Å². The lowest BCUT2D eigenvalue weighted by Gasteiger charge is -2.15. The van der Waals surface area contributed by atoms with E-state index in [9.17, 15) is 4.79 Å². The van der Waals surface area contributed by atoms with E-state index in [2.05, 4.69) is 15.5 Å². The predicted octanol–water partition coefficient (Wildman–Crippen LogP) is 4.65. The van der Waals surface area contributed by atoms with Crippen molar-refractivity contribution in [2.24, 2.45) is 5.10 Å². The van der Waals surface area contributed by atoms with Crippen molar-refractivity contribution in [2.45, 2.75) is 19.8 Å². The molecule has 0 spiro atoms. The third-order valence-electron chi connectivity index (χ3n) is 4.99. The number of nitrogens with one attached hydrogen (secondary N) is 1. The number of carbonyl (C=O) groups is 1. The number of aromatic nitrogens is 1. The van der Waals surface area contributed by atoms with Crippen LogP contribution in [0.2, 0.25) is 0 Å². The predicted molar refractivity (Wildman–Crippen MR) is 121 cm³/mol. The summed E-state index contributed by atoms with van der Waals surface area (Å²) in [7, 11) is 0. The molecular weight excluding hydrogens is 396 g/mol. The first kappa shape index (κ1) is 20.1. The van der Waals surface area contributed by atoms with E-state index in [4.69, 9.17) is 4.74 Å². The van der Waals surface area contributed by atoms with Crippen LogP contribution in [0.25, 0.3) is 11.3 Å². The molecular formula is C23H24N4O2S. The molecule has 1 aliphatic heterocycles. The van der Waals surface area contributed by atoms with Gasteiger partial charge in [-0.2, -0.15) is 5.10 Å². The highest BCUT2D eigenvalue weighted by Gasteiger charge is 2.18. The van der Waals surface area contributed by atoms with Gasteiger partial charge in [0.15, 0.2) is 6.61 Å². The topological polar surface area (TPSA) is 66.8 Å². The average molecular weight is 421 g/mol. The van der Waals surface area contributed by atoms with Crippen molar-refractivity contribution in [2.75, 3.05) is 25.1 Å². The average Bonchev–Trinajstić information content (AvgIpc) is 3.49. The van der Waals surface area contributed by atoms with Crippen LogP contribution in [0.1, 0.15) is 25.3 Å². The Hall–Kier alpha value is -3.19. The Morgan fingerprint density at radius 3 is 2.60 bits per heavy atom. The smallest absolute Gasteiger partial charge is 0.260 e. The summed E-state index contributed by atoms with van der Waals surface area (Å²) in [6.45, 7) is 3.71. The van der Waals surface area contributed by atoms with Crippen molar-refractivity contribution in [3.8, 4) is 17.0 Å². The minimum atomic E-state index is 0.0526. The number of carbonyl (C=O) groups excluding carboxylic acids is 1. The van der Waals surface area contributed by atoms with Crippen LogP contribution >= 0.6 is 11.3 Å². The third-order valence-corrected chi connectivity index (χ3v) is 5.73. The van der Waals surface area contributed by atoms with Gasteiger partial charge in [0, 0.05) is 24.0 Å². The molecule has 6 nitrogen and oxygen atoms in total. The lowest BCUT2D eigenvalue weighted by atomic mass is 10.1. The Kier molecular flexibility index (Phi) is 6.39. The second-order valence-electron chi connectivity index (χ2n) is 7.11. The van der Waals surface area contributed by atoms with Crippen LogP contribution in [0.5, 0.6) is 5.75 Å². The third kappa shape index (κ3) is 5.04. The summed E-state index contributed by atoms with van der Waals surface area (Å²) < 4.78 is 5.63. The first-order chi connectivity index (χ1) is 14.7. The van der Waals surface area contributed by atoms with Crippen molar-refractivity contribution < 1.29 is 9.53 Å². The van der Waals surface area contributed by atoms with Gasteiger partial charge in [-0.1, -0.05) is 30.3 Å². The molecule has 0 saturated carbocycles. The molecule has 1 aliphatic rings. The van der Waals surface area contributed by atoms with Crippen molar-refractivity contribution in [3.05, 3.63) is 65.5 Å². The molecule has 0 atom stereocenters. The standard InChI is InChI=1S/C23H24N4O2S/c1-17(25-26-23-24-21(16-30-23)19-7-3-2-4-8-19)18-9-11-20(12-10-18)29-15-22(28)27-13-5-6-14-27/h2-4,7-12,16H,5-6,13-15H2,1H3,(H,24,26)/b25-17-. The van der Waals surface area contributed by atoms with E-state index in [1.807, 2.05) is 71.8 Å². The molecule has 1 fully saturated rings. The van der Waals surface area contributed by atoms with E-state index in [0.29, 0.717) is 5.75 Å². The van der Waals surface area contributed by atoms with Gasteiger partial charge in [-0.15, -0.1) is 11.3 Å². The second-order valence-corrected chi connectivity index (χ2v) is 7.97. The van der Waals surface area contributed by atoms with Crippen LogP contribution in [0.4, 0.5) is 5.13 Å². The largest absolute Gasteiger partial charge is 0.484 e. The first-order valence-electron chi connectivity index (χ1n) is 10.0. The molecule has 2 aromatic carbocycles. The molecule has 0 bridgehead atoms. The highest BCUT2D eigenvalue weighted by atomic mass is 32.1. The summed E-state index contributed by atoms with van der Waals surface area (Å²) in [6, 6.07) is 17.7. The number of nitrogens with zero attached hydrogens (tertiary/aromatic N) is 3. The summed E-state index contributed by atoms with van der Waals surface area (Å²) in [5.74, 6) is 0.733. The maximum atomic E-state index is 12.1. The van der Waals surface area contributed by atoms with E-state index in [1.54, 1.807) is 0 Å². The quantitative estimate of drug-likeness (QED) is 0.446. The van der Waals surface area contributed by atoms with Gasteiger partial charge in [0.25, 0.3) is 5.91 Å². The number of thiazole rings is 1. The first-order valence-corrected chi connectivity index (χ1v) is 10.9. The molecule has 0 radical (unpaired) electrons. The van der Waals surface area contributed by atoms with E-state index in [-0.39, 0.29) is 12.5 Å². The zero-order valence-electron chi connectivity index (χ0n) is 16.9. The summed E-state index contributed by atoms with van der Waals surface area (Å²) in [4.78, 5) is 18.5. The molecule has 2 heterocycles. The minimum absolute atomic E-state index is 0.0526. The van der Waals surface area contributed by atoms with Gasteiger partial charge in [-0.3, -0.25) is 10.2 Å². The van der Waals surface area contributed by atoms with Gasteiger partial charge >= 0.3 is 0 Å². The SMILES string of the molecule is C/C(=N/Nc1nc(-c2ccccc2)cs1)c1ccc(OCC(=O)N2CCCC2)cc1. The monoisotopic (exact) mass is 420 g/mol. The lowest BCUT2D eigenvalue weighted by Crippen LogP contribution is -2.32. The molecule has 1 aromatic heterocycles. The Bertz CT molecular complexity index is 1010. The van der Waals surface area contributed by atoms with Crippen molar-refractivity contribution >= 4 is 28.1 Å². The molecule has 1 amide bonds. The molecule has 1 N–H and O–H groups in total. The Balaban J connectivity index is 1.32. The number of anilines is 1. The summed E-state index contributed by atoms with van der Waals surface area (Å²) in [6.07, 6.45) is 2.17. The van der Waals surface area contributed by atoms with Gasteiger partial charge in [0.1, 0.15) is 5.75 Å². The number of amides is 1. The van der Waals surface area contributed by atoms with Crippen LogP contribution < -0.4 is 10.2 Å². The van der Waals surface area contributed by atoms with Crippen LogP contribution in [0.3, 0.4) is 0 Å². The maximum Gasteiger partial charge on any atom is 0.260 e. The van der Waals surface area contributed by atoms with Gasteiger partial charge in [-0.05, 0) is 49.6 Å². The minimum Gasteiger partial charge on any atom is -0.484 e. The van der Waals surface area contributed by atoms with Crippen molar-refractivity contribution in [1.82, 2.24) is 9.88 Å². The fourth-order valence-electron chi connectivity index (χ4n) is 3.26. The molecule has 0 aliphatic carbocycles. The van der Waals surface area contributed by atoms with Gasteiger partial charge in [0.05, 0.1) is 11.4 Å². The number of ether oxygens (including phenoxy) is 1. The molecule has 0 unspecified atom stereocenters. The normalized spacial score (nSPS) is 14.0. The Labute approximate surface area is 180 Å². The van der Waals surface area contributed by atoms with E-state index >= 15 is 0 Å². The molecule has 3 aromatic rings.